The van der Waals surface area contributed by atoms with Gasteiger partial charge >= 0.3 is 0 Å². The first-order valence-corrected chi connectivity index (χ1v) is 8.20. The van der Waals surface area contributed by atoms with E-state index in [9.17, 15) is 0 Å². The van der Waals surface area contributed by atoms with E-state index >= 15 is 0 Å². The van der Waals surface area contributed by atoms with Gasteiger partial charge in [-0.2, -0.15) is 0 Å². The normalized spacial score (nSPS) is 14.6. The van der Waals surface area contributed by atoms with Gasteiger partial charge in [0, 0.05) is 17.6 Å². The number of nitrogens with zero attached hydrogens (tertiary/aromatic N) is 1. The van der Waals surface area contributed by atoms with Crippen LogP contribution in [0.2, 0.25) is 0 Å². The molecule has 0 radical (unpaired) electrons. The zero-order valence-corrected chi connectivity index (χ0v) is 13.9. The number of rotatable bonds is 7. The van der Waals surface area contributed by atoms with Crippen molar-refractivity contribution in [2.24, 2.45) is 5.92 Å². The highest BCUT2D eigenvalue weighted by Gasteiger charge is 2.13. The SMILES string of the molecule is CCC(C)CC(CC)Nc1ccc2oc(C(C)C)nc2c1. The number of fused-ring (bicyclic) bond motifs is 1. The minimum Gasteiger partial charge on any atom is -0.440 e. The van der Waals surface area contributed by atoms with Crippen molar-refractivity contribution in [3.05, 3.63) is 24.1 Å². The molecule has 2 unspecified atom stereocenters. The van der Waals surface area contributed by atoms with Crippen LogP contribution in [0.25, 0.3) is 11.1 Å². The molecule has 0 fully saturated rings. The third kappa shape index (κ3) is 3.99. The number of hydrogen-bond acceptors (Lipinski definition) is 3. The summed E-state index contributed by atoms with van der Waals surface area (Å²) in [5, 5.41) is 3.64. The molecule has 1 aromatic heterocycles. The van der Waals surface area contributed by atoms with E-state index in [0.29, 0.717) is 12.0 Å². The Morgan fingerprint density at radius 1 is 1.14 bits per heavy atom. The van der Waals surface area contributed by atoms with Gasteiger partial charge in [-0.25, -0.2) is 4.98 Å². The van der Waals surface area contributed by atoms with Crippen molar-refractivity contribution >= 4 is 16.8 Å². The molecule has 2 aromatic rings. The summed E-state index contributed by atoms with van der Waals surface area (Å²) in [5.74, 6) is 1.89. The predicted octanol–water partition coefficient (Wildman–Crippen LogP) is 5.58. The van der Waals surface area contributed by atoms with Crippen LogP contribution in [0.3, 0.4) is 0 Å². The van der Waals surface area contributed by atoms with Crippen LogP contribution in [0.1, 0.15) is 65.7 Å². The fourth-order valence-corrected chi connectivity index (χ4v) is 2.50. The lowest BCUT2D eigenvalue weighted by atomic mass is 9.97. The smallest absolute Gasteiger partial charge is 0.198 e. The van der Waals surface area contributed by atoms with E-state index in [-0.39, 0.29) is 0 Å². The number of nitrogens with one attached hydrogen (secondary N) is 1. The molecule has 3 heteroatoms. The molecule has 0 aliphatic carbocycles. The Labute approximate surface area is 128 Å². The van der Waals surface area contributed by atoms with E-state index in [0.717, 1.165) is 35.0 Å². The zero-order chi connectivity index (χ0) is 15.4. The highest BCUT2D eigenvalue weighted by atomic mass is 16.3. The number of hydrogen-bond donors (Lipinski definition) is 1. The summed E-state index contributed by atoms with van der Waals surface area (Å²) in [6.45, 7) is 11.0. The minimum atomic E-state index is 0.322. The van der Waals surface area contributed by atoms with Gasteiger partial charge in [-0.3, -0.25) is 0 Å². The molecule has 0 aliphatic heterocycles. The maximum absolute atomic E-state index is 5.76. The Hall–Kier alpha value is -1.51. The molecule has 0 spiro atoms. The van der Waals surface area contributed by atoms with E-state index in [4.69, 9.17) is 4.42 Å². The topological polar surface area (TPSA) is 38.1 Å². The zero-order valence-electron chi connectivity index (χ0n) is 13.9. The molecule has 1 heterocycles. The van der Waals surface area contributed by atoms with Crippen molar-refractivity contribution in [3.8, 4) is 0 Å². The lowest BCUT2D eigenvalue weighted by Crippen LogP contribution is -2.21. The van der Waals surface area contributed by atoms with Crippen LogP contribution < -0.4 is 5.32 Å². The van der Waals surface area contributed by atoms with Crippen LogP contribution in [0.4, 0.5) is 5.69 Å². The Morgan fingerprint density at radius 3 is 2.52 bits per heavy atom. The van der Waals surface area contributed by atoms with Gasteiger partial charge in [0.1, 0.15) is 5.52 Å². The average molecular weight is 288 g/mol. The quantitative estimate of drug-likeness (QED) is 0.723. The van der Waals surface area contributed by atoms with Gasteiger partial charge in [-0.05, 0) is 37.0 Å². The summed E-state index contributed by atoms with van der Waals surface area (Å²) >= 11 is 0. The molecular weight excluding hydrogens is 260 g/mol. The predicted molar refractivity (Wildman–Crippen MR) is 89.9 cm³/mol. The summed E-state index contributed by atoms with van der Waals surface area (Å²) in [4.78, 5) is 4.58. The largest absolute Gasteiger partial charge is 0.440 e. The molecule has 1 aromatic carbocycles. The van der Waals surface area contributed by atoms with Crippen LogP contribution in [-0.4, -0.2) is 11.0 Å². The minimum absolute atomic E-state index is 0.322. The van der Waals surface area contributed by atoms with E-state index in [1.54, 1.807) is 0 Å². The second-order valence-electron chi connectivity index (χ2n) is 6.39. The number of benzene rings is 1. The average Bonchev–Trinajstić information content (AvgIpc) is 2.89. The molecule has 21 heavy (non-hydrogen) atoms. The lowest BCUT2D eigenvalue weighted by Gasteiger charge is -2.21. The molecule has 0 amide bonds. The van der Waals surface area contributed by atoms with Gasteiger partial charge in [0.25, 0.3) is 0 Å². The van der Waals surface area contributed by atoms with Crippen molar-refractivity contribution in [1.82, 2.24) is 4.98 Å². The summed E-state index contributed by atoms with van der Waals surface area (Å²) in [5.41, 5.74) is 2.96. The van der Waals surface area contributed by atoms with Crippen molar-refractivity contribution in [2.75, 3.05) is 5.32 Å². The Balaban J connectivity index is 2.14. The van der Waals surface area contributed by atoms with E-state index in [1.807, 2.05) is 6.07 Å². The summed E-state index contributed by atoms with van der Waals surface area (Å²) < 4.78 is 5.76. The highest BCUT2D eigenvalue weighted by molar-refractivity contribution is 5.77. The molecular formula is C18H28N2O. The Kier molecular flexibility index (Phi) is 5.27. The molecule has 3 nitrogen and oxygen atoms in total. The first-order chi connectivity index (χ1) is 10.0. The van der Waals surface area contributed by atoms with Crippen molar-refractivity contribution < 1.29 is 4.42 Å². The monoisotopic (exact) mass is 288 g/mol. The lowest BCUT2D eigenvalue weighted by molar-refractivity contribution is 0.462. The summed E-state index contributed by atoms with van der Waals surface area (Å²) in [6.07, 6.45) is 3.58. The van der Waals surface area contributed by atoms with Crippen LogP contribution in [0.5, 0.6) is 0 Å². The van der Waals surface area contributed by atoms with Crippen molar-refractivity contribution in [3.63, 3.8) is 0 Å². The van der Waals surface area contributed by atoms with Crippen LogP contribution in [0, 0.1) is 5.92 Å². The summed E-state index contributed by atoms with van der Waals surface area (Å²) in [7, 11) is 0. The van der Waals surface area contributed by atoms with E-state index in [2.05, 4.69) is 57.1 Å². The number of anilines is 1. The molecule has 2 atom stereocenters. The maximum Gasteiger partial charge on any atom is 0.198 e. The van der Waals surface area contributed by atoms with Gasteiger partial charge < -0.3 is 9.73 Å². The van der Waals surface area contributed by atoms with Crippen LogP contribution in [0.15, 0.2) is 22.6 Å². The van der Waals surface area contributed by atoms with Gasteiger partial charge in [0.2, 0.25) is 0 Å². The third-order valence-corrected chi connectivity index (χ3v) is 4.15. The molecule has 0 bridgehead atoms. The molecule has 1 N–H and O–H groups in total. The standard InChI is InChI=1S/C18H28N2O/c1-6-13(5)10-14(7-2)19-15-8-9-17-16(11-15)20-18(21-17)12(3)4/h8-9,11-14,19H,6-7,10H2,1-5H3. The molecule has 0 saturated carbocycles. The third-order valence-electron chi connectivity index (χ3n) is 4.15. The second-order valence-corrected chi connectivity index (χ2v) is 6.39. The van der Waals surface area contributed by atoms with Gasteiger partial charge in [0.05, 0.1) is 0 Å². The molecule has 0 saturated heterocycles. The molecule has 2 rings (SSSR count). The van der Waals surface area contributed by atoms with Crippen molar-refractivity contribution in [1.29, 1.82) is 0 Å². The van der Waals surface area contributed by atoms with Gasteiger partial charge in [0.15, 0.2) is 11.5 Å². The highest BCUT2D eigenvalue weighted by Crippen LogP contribution is 2.25. The fraction of sp³-hybridized carbons (Fsp3) is 0.611. The first-order valence-electron chi connectivity index (χ1n) is 8.20. The number of oxazole rings is 1. The maximum atomic E-state index is 5.76. The molecule has 0 aliphatic rings. The first kappa shape index (κ1) is 15.9. The van der Waals surface area contributed by atoms with Crippen molar-refractivity contribution in [2.45, 2.75) is 65.8 Å². The van der Waals surface area contributed by atoms with E-state index < -0.39 is 0 Å². The number of aromatic nitrogens is 1. The Morgan fingerprint density at radius 2 is 1.90 bits per heavy atom. The second kappa shape index (κ2) is 6.97. The fourth-order valence-electron chi connectivity index (χ4n) is 2.50. The van der Waals surface area contributed by atoms with Gasteiger partial charge in [-0.1, -0.05) is 41.0 Å². The van der Waals surface area contributed by atoms with E-state index in [1.165, 1.54) is 12.8 Å². The molecule has 116 valence electrons. The van der Waals surface area contributed by atoms with Crippen LogP contribution >= 0.6 is 0 Å². The summed E-state index contributed by atoms with van der Waals surface area (Å²) in [6, 6.07) is 6.74. The Bertz CT molecular complexity index is 574. The van der Waals surface area contributed by atoms with Gasteiger partial charge in [-0.15, -0.1) is 0 Å². The van der Waals surface area contributed by atoms with Crippen LogP contribution in [-0.2, 0) is 0 Å².